The number of benzene rings is 2. The summed E-state index contributed by atoms with van der Waals surface area (Å²) < 4.78 is 41.1. The van der Waals surface area contributed by atoms with Gasteiger partial charge in [-0.3, -0.25) is 9.52 Å². The maximum atomic E-state index is 14.1. The fourth-order valence-corrected chi connectivity index (χ4v) is 5.66. The van der Waals surface area contributed by atoms with Gasteiger partial charge in [-0.1, -0.05) is 24.6 Å². The molecule has 10 heteroatoms. The van der Waals surface area contributed by atoms with Crippen LogP contribution in [-0.2, 0) is 14.8 Å². The Morgan fingerprint density at radius 1 is 1.13 bits per heavy atom. The molecule has 0 fully saturated rings. The van der Waals surface area contributed by atoms with Crippen LogP contribution in [0.2, 0.25) is 0 Å². The third kappa shape index (κ3) is 8.41. The van der Waals surface area contributed by atoms with Crippen LogP contribution in [-0.4, -0.2) is 75.9 Å². The molecule has 1 amide bonds. The predicted octanol–water partition coefficient (Wildman–Crippen LogP) is 3.81. The number of anilines is 1. The van der Waals surface area contributed by atoms with Crippen LogP contribution in [0, 0.1) is 12.8 Å². The van der Waals surface area contributed by atoms with Gasteiger partial charge in [-0.25, -0.2) is 8.42 Å². The number of fused-ring (bicyclic) bond motifs is 1. The van der Waals surface area contributed by atoms with Crippen molar-refractivity contribution in [1.29, 1.82) is 0 Å². The molecular weight excluding hydrogens is 518 g/mol. The molecule has 0 radical (unpaired) electrons. The van der Waals surface area contributed by atoms with Crippen LogP contribution in [0.5, 0.6) is 5.75 Å². The summed E-state index contributed by atoms with van der Waals surface area (Å²) in [6.45, 7) is 9.04. The summed E-state index contributed by atoms with van der Waals surface area (Å²) in [6, 6.07) is 10.8. The number of hydrogen-bond donors (Lipinski definition) is 3. The molecule has 0 aliphatic carbocycles. The van der Waals surface area contributed by atoms with Gasteiger partial charge in [0.15, 0.2) is 0 Å². The molecule has 0 spiro atoms. The molecule has 2 aromatic carbocycles. The van der Waals surface area contributed by atoms with Gasteiger partial charge < -0.3 is 24.8 Å². The number of nitrogens with zero attached hydrogens (tertiary/aromatic N) is 1. The summed E-state index contributed by atoms with van der Waals surface area (Å²) >= 11 is 0. The van der Waals surface area contributed by atoms with Crippen molar-refractivity contribution in [1.82, 2.24) is 10.2 Å². The van der Waals surface area contributed by atoms with Gasteiger partial charge in [0.1, 0.15) is 5.75 Å². The first-order chi connectivity index (χ1) is 18.6. The molecular formula is C29H43N3O6S. The highest BCUT2D eigenvalue weighted by Gasteiger charge is 2.30. The van der Waals surface area contributed by atoms with Crippen molar-refractivity contribution in [2.75, 3.05) is 38.1 Å². The van der Waals surface area contributed by atoms with Crippen LogP contribution in [0.3, 0.4) is 0 Å². The minimum atomic E-state index is -3.87. The van der Waals surface area contributed by atoms with Crippen LogP contribution in [0.4, 0.5) is 5.69 Å². The van der Waals surface area contributed by atoms with Crippen molar-refractivity contribution in [3.63, 3.8) is 0 Å². The highest BCUT2D eigenvalue weighted by molar-refractivity contribution is 7.92. The lowest BCUT2D eigenvalue weighted by Gasteiger charge is -2.34. The molecule has 9 nitrogen and oxygen atoms in total. The second-order valence-electron chi connectivity index (χ2n) is 10.5. The fraction of sp³-hybridized carbons (Fsp3) is 0.552. The number of hydrogen-bond acceptors (Lipinski definition) is 7. The minimum Gasteiger partial charge on any atom is -0.490 e. The molecule has 2 aromatic rings. The van der Waals surface area contributed by atoms with Crippen molar-refractivity contribution in [2.24, 2.45) is 5.92 Å². The SMILES string of the molecule is CNC[C@@H]1OCCCC[C@H](C)Oc2ccc(NS(=O)(=O)c3ccc(C)cc3)cc2C(=O)N([C@H](C)CO)C[C@H]1C. The van der Waals surface area contributed by atoms with Crippen LogP contribution in [0.15, 0.2) is 47.4 Å². The Hall–Kier alpha value is -2.66. The van der Waals surface area contributed by atoms with Gasteiger partial charge in [-0.2, -0.15) is 0 Å². The van der Waals surface area contributed by atoms with Gasteiger partial charge in [0, 0.05) is 31.3 Å². The molecule has 0 saturated heterocycles. The fourth-order valence-electron chi connectivity index (χ4n) is 4.61. The lowest BCUT2D eigenvalue weighted by molar-refractivity contribution is -0.000450. The molecule has 39 heavy (non-hydrogen) atoms. The molecule has 0 bridgehead atoms. The Morgan fingerprint density at radius 2 is 1.85 bits per heavy atom. The number of aliphatic hydroxyl groups is 1. The number of carbonyl (C=O) groups is 1. The molecule has 3 rings (SSSR count). The van der Waals surface area contributed by atoms with E-state index in [1.54, 1.807) is 48.2 Å². The lowest BCUT2D eigenvalue weighted by atomic mass is 10.0. The number of aliphatic hydroxyl groups excluding tert-OH is 1. The summed E-state index contributed by atoms with van der Waals surface area (Å²) in [4.78, 5) is 15.8. The summed E-state index contributed by atoms with van der Waals surface area (Å²) in [7, 11) is -2.00. The number of sulfonamides is 1. The number of rotatable bonds is 7. The quantitative estimate of drug-likeness (QED) is 0.471. The van der Waals surface area contributed by atoms with Gasteiger partial charge in [0.2, 0.25) is 0 Å². The van der Waals surface area contributed by atoms with E-state index in [1.165, 1.54) is 6.07 Å². The summed E-state index contributed by atoms with van der Waals surface area (Å²) in [5.74, 6) is 0.0146. The zero-order chi connectivity index (χ0) is 28.6. The van der Waals surface area contributed by atoms with Crippen LogP contribution >= 0.6 is 0 Å². The Kier molecular flexibility index (Phi) is 11.2. The first-order valence-corrected chi connectivity index (χ1v) is 15.1. The van der Waals surface area contributed by atoms with Crippen molar-refractivity contribution in [3.05, 3.63) is 53.6 Å². The molecule has 1 aliphatic heterocycles. The Balaban J connectivity index is 2.02. The summed E-state index contributed by atoms with van der Waals surface area (Å²) in [5, 5.41) is 13.2. The van der Waals surface area contributed by atoms with Crippen molar-refractivity contribution in [2.45, 2.75) is 70.1 Å². The third-order valence-electron chi connectivity index (χ3n) is 7.04. The molecule has 0 unspecified atom stereocenters. The minimum absolute atomic E-state index is 0.0233. The molecule has 1 aliphatic rings. The van der Waals surface area contributed by atoms with E-state index in [0.717, 1.165) is 24.8 Å². The van der Waals surface area contributed by atoms with E-state index < -0.39 is 16.1 Å². The van der Waals surface area contributed by atoms with E-state index in [9.17, 15) is 18.3 Å². The summed E-state index contributed by atoms with van der Waals surface area (Å²) in [6.07, 6.45) is 2.31. The van der Waals surface area contributed by atoms with E-state index in [4.69, 9.17) is 9.47 Å². The maximum Gasteiger partial charge on any atom is 0.261 e. The largest absolute Gasteiger partial charge is 0.490 e. The number of amides is 1. The lowest BCUT2D eigenvalue weighted by Crippen LogP contribution is -2.47. The zero-order valence-corrected chi connectivity index (χ0v) is 24.5. The smallest absolute Gasteiger partial charge is 0.261 e. The van der Waals surface area contributed by atoms with E-state index in [2.05, 4.69) is 10.0 Å². The van der Waals surface area contributed by atoms with Crippen molar-refractivity contribution in [3.8, 4) is 5.75 Å². The number of nitrogens with one attached hydrogen (secondary N) is 2. The Bertz CT molecular complexity index is 1190. The number of likely N-dealkylation sites (N-methyl/N-ethyl adjacent to an activating group) is 1. The first-order valence-electron chi connectivity index (χ1n) is 13.6. The highest BCUT2D eigenvalue weighted by atomic mass is 32.2. The number of carbonyl (C=O) groups excluding carboxylic acids is 1. The normalized spacial score (nSPS) is 22.4. The highest BCUT2D eigenvalue weighted by Crippen LogP contribution is 2.29. The van der Waals surface area contributed by atoms with E-state index in [1.807, 2.05) is 27.8 Å². The summed E-state index contributed by atoms with van der Waals surface area (Å²) in [5.41, 5.74) is 1.44. The average Bonchev–Trinajstić information content (AvgIpc) is 2.90. The zero-order valence-electron chi connectivity index (χ0n) is 23.6. The molecule has 216 valence electrons. The van der Waals surface area contributed by atoms with Gasteiger partial charge in [0.05, 0.1) is 35.3 Å². The standard InChI is InChI=1S/C29H43N3O6S/c1-20-9-12-25(13-10-20)39(35,36)31-24-11-14-27-26(16-24)29(34)32(22(3)19-33)18-21(2)28(17-30-5)37-15-7-6-8-23(4)38-27/h9-14,16,21-23,28,30-31,33H,6-8,15,17-19H2,1-5H3/t21-,22-,23+,28+/m1/s1. The second-order valence-corrected chi connectivity index (χ2v) is 12.2. The Morgan fingerprint density at radius 3 is 2.51 bits per heavy atom. The first kappa shape index (κ1) is 30.9. The topological polar surface area (TPSA) is 117 Å². The Labute approximate surface area is 232 Å². The number of aryl methyl sites for hydroxylation is 1. The van der Waals surface area contributed by atoms with Gasteiger partial charge in [0.25, 0.3) is 15.9 Å². The molecule has 3 N–H and O–H groups in total. The molecule has 0 saturated carbocycles. The van der Waals surface area contributed by atoms with Gasteiger partial charge in [-0.05, 0) is 77.4 Å². The molecule has 0 aromatic heterocycles. The van der Waals surface area contributed by atoms with Crippen LogP contribution < -0.4 is 14.8 Å². The predicted molar refractivity (Wildman–Crippen MR) is 153 cm³/mol. The van der Waals surface area contributed by atoms with E-state index >= 15 is 0 Å². The average molecular weight is 562 g/mol. The van der Waals surface area contributed by atoms with E-state index in [-0.39, 0.29) is 46.8 Å². The van der Waals surface area contributed by atoms with Gasteiger partial charge >= 0.3 is 0 Å². The molecule has 4 atom stereocenters. The third-order valence-corrected chi connectivity index (χ3v) is 8.44. The van der Waals surface area contributed by atoms with Crippen LogP contribution in [0.1, 0.15) is 56.0 Å². The van der Waals surface area contributed by atoms with Gasteiger partial charge in [-0.15, -0.1) is 0 Å². The maximum absolute atomic E-state index is 14.1. The monoisotopic (exact) mass is 561 g/mol. The van der Waals surface area contributed by atoms with Crippen molar-refractivity contribution < 1.29 is 27.8 Å². The molecule has 1 heterocycles. The van der Waals surface area contributed by atoms with Crippen LogP contribution in [0.25, 0.3) is 0 Å². The number of ether oxygens (including phenoxy) is 2. The van der Waals surface area contributed by atoms with Crippen molar-refractivity contribution >= 4 is 21.6 Å². The van der Waals surface area contributed by atoms with E-state index in [0.29, 0.717) is 25.4 Å². The second kappa shape index (κ2) is 14.1.